The van der Waals surface area contributed by atoms with E-state index < -0.39 is 6.04 Å². The number of likely N-dealkylation sites (N-methyl/N-ethyl adjacent to an activating group) is 1. The van der Waals surface area contributed by atoms with E-state index in [0.29, 0.717) is 12.2 Å². The maximum atomic E-state index is 13.3. The second-order valence-electron chi connectivity index (χ2n) is 7.95. The van der Waals surface area contributed by atoms with Crippen molar-refractivity contribution < 1.29 is 9.59 Å². The first-order valence-corrected chi connectivity index (χ1v) is 10.2. The Bertz CT molecular complexity index is 1030. The van der Waals surface area contributed by atoms with Gasteiger partial charge in [0.25, 0.3) is 0 Å². The molecule has 6 nitrogen and oxygen atoms in total. The third-order valence-electron chi connectivity index (χ3n) is 4.87. The molecule has 0 aliphatic heterocycles. The Labute approximate surface area is 177 Å². The summed E-state index contributed by atoms with van der Waals surface area (Å²) in [6, 6.07) is 16.4. The quantitative estimate of drug-likeness (QED) is 0.650. The minimum absolute atomic E-state index is 0.140. The Hall–Kier alpha value is -3.28. The highest BCUT2D eigenvalue weighted by Crippen LogP contribution is 2.19. The third-order valence-corrected chi connectivity index (χ3v) is 4.87. The molecule has 0 radical (unpaired) electrons. The van der Waals surface area contributed by atoms with Crippen LogP contribution in [-0.4, -0.2) is 33.7 Å². The van der Waals surface area contributed by atoms with Gasteiger partial charge >= 0.3 is 0 Å². The third kappa shape index (κ3) is 5.20. The number of nitrogens with zero attached hydrogens (tertiary/aromatic N) is 3. The van der Waals surface area contributed by atoms with Gasteiger partial charge < -0.3 is 10.2 Å². The molecule has 156 valence electrons. The molecule has 2 amide bonds. The van der Waals surface area contributed by atoms with Crippen molar-refractivity contribution in [3.05, 3.63) is 71.7 Å². The number of aromatic nitrogens is 2. The summed E-state index contributed by atoms with van der Waals surface area (Å²) in [6.07, 6.45) is 0.368. The Morgan fingerprint density at radius 1 is 1.00 bits per heavy atom. The summed E-state index contributed by atoms with van der Waals surface area (Å²) in [4.78, 5) is 36.4. The van der Waals surface area contributed by atoms with E-state index in [1.165, 1.54) is 0 Å². The number of para-hydroxylation sites is 1. The number of hydrogen-bond acceptors (Lipinski definition) is 4. The monoisotopic (exact) mass is 404 g/mol. The Morgan fingerprint density at radius 2 is 1.67 bits per heavy atom. The lowest BCUT2D eigenvalue weighted by atomic mass is 10.0. The van der Waals surface area contributed by atoms with Crippen molar-refractivity contribution in [3.63, 3.8) is 0 Å². The van der Waals surface area contributed by atoms with Crippen molar-refractivity contribution in [1.29, 1.82) is 0 Å². The van der Waals surface area contributed by atoms with Gasteiger partial charge in [-0.3, -0.25) is 9.59 Å². The smallest absolute Gasteiger partial charge is 0.249 e. The van der Waals surface area contributed by atoms with Crippen LogP contribution in [-0.2, 0) is 16.1 Å². The van der Waals surface area contributed by atoms with Crippen molar-refractivity contribution >= 4 is 22.7 Å². The SMILES string of the molecule is Cc1nc(CN(C)C(=O)C(NC(=O)CC(C)C)c2ccccc2)nc2ccccc12. The molecular weight excluding hydrogens is 376 g/mol. The second kappa shape index (κ2) is 9.48. The number of benzene rings is 2. The molecule has 1 aromatic heterocycles. The predicted molar refractivity (Wildman–Crippen MR) is 118 cm³/mol. The predicted octanol–water partition coefficient (Wildman–Crippen LogP) is 3.80. The molecule has 0 aliphatic carbocycles. The molecule has 0 saturated carbocycles. The number of carbonyl (C=O) groups is 2. The van der Waals surface area contributed by atoms with Gasteiger partial charge in [0, 0.05) is 24.5 Å². The molecule has 3 aromatic rings. The maximum Gasteiger partial charge on any atom is 0.249 e. The van der Waals surface area contributed by atoms with E-state index in [1.54, 1.807) is 11.9 Å². The van der Waals surface area contributed by atoms with Crippen LogP contribution in [0.25, 0.3) is 10.9 Å². The van der Waals surface area contributed by atoms with Gasteiger partial charge in [-0.2, -0.15) is 0 Å². The molecule has 30 heavy (non-hydrogen) atoms. The van der Waals surface area contributed by atoms with Gasteiger partial charge in [0.05, 0.1) is 12.1 Å². The number of aryl methyl sites for hydroxylation is 1. The van der Waals surface area contributed by atoms with E-state index in [0.717, 1.165) is 22.2 Å². The minimum atomic E-state index is -0.746. The molecular formula is C24H28N4O2. The highest BCUT2D eigenvalue weighted by atomic mass is 16.2. The van der Waals surface area contributed by atoms with Gasteiger partial charge in [-0.1, -0.05) is 62.4 Å². The molecule has 0 bridgehead atoms. The van der Waals surface area contributed by atoms with Crippen molar-refractivity contribution in [2.45, 2.75) is 39.8 Å². The normalized spacial score (nSPS) is 12.0. The van der Waals surface area contributed by atoms with Gasteiger partial charge in [0.2, 0.25) is 11.8 Å². The van der Waals surface area contributed by atoms with Crippen molar-refractivity contribution in [1.82, 2.24) is 20.2 Å². The Morgan fingerprint density at radius 3 is 2.37 bits per heavy atom. The number of rotatable bonds is 7. The molecule has 0 aliphatic rings. The van der Waals surface area contributed by atoms with E-state index in [-0.39, 0.29) is 24.3 Å². The van der Waals surface area contributed by atoms with E-state index in [1.807, 2.05) is 75.4 Å². The summed E-state index contributed by atoms with van der Waals surface area (Å²) in [5.74, 6) is 0.441. The van der Waals surface area contributed by atoms with E-state index in [2.05, 4.69) is 15.3 Å². The van der Waals surface area contributed by atoms with Crippen LogP contribution in [0.4, 0.5) is 0 Å². The van der Waals surface area contributed by atoms with Crippen LogP contribution in [0, 0.1) is 12.8 Å². The van der Waals surface area contributed by atoms with Crippen molar-refractivity contribution in [2.24, 2.45) is 5.92 Å². The first-order valence-electron chi connectivity index (χ1n) is 10.2. The first kappa shape index (κ1) is 21.4. The fourth-order valence-electron chi connectivity index (χ4n) is 3.40. The lowest BCUT2D eigenvalue weighted by Gasteiger charge is -2.25. The largest absolute Gasteiger partial charge is 0.341 e. The van der Waals surface area contributed by atoms with Gasteiger partial charge in [-0.25, -0.2) is 9.97 Å². The summed E-state index contributed by atoms with van der Waals surface area (Å²) < 4.78 is 0. The molecule has 0 spiro atoms. The van der Waals surface area contributed by atoms with Crippen LogP contribution in [0.5, 0.6) is 0 Å². The average molecular weight is 405 g/mol. The standard InChI is InChI=1S/C24H28N4O2/c1-16(2)14-22(29)27-23(18-10-6-5-7-11-18)24(30)28(4)15-21-25-17(3)19-12-8-9-13-20(19)26-21/h5-13,16,23H,14-15H2,1-4H3,(H,27,29). The second-order valence-corrected chi connectivity index (χ2v) is 7.95. The Kier molecular flexibility index (Phi) is 6.77. The van der Waals surface area contributed by atoms with E-state index in [9.17, 15) is 9.59 Å². The lowest BCUT2D eigenvalue weighted by Crippen LogP contribution is -2.41. The zero-order chi connectivity index (χ0) is 21.7. The van der Waals surface area contributed by atoms with Gasteiger partial charge in [-0.05, 0) is 24.5 Å². The Balaban J connectivity index is 1.82. The summed E-state index contributed by atoms with van der Waals surface area (Å²) >= 11 is 0. The van der Waals surface area contributed by atoms with Gasteiger partial charge in [0.1, 0.15) is 11.9 Å². The molecule has 6 heteroatoms. The molecule has 0 fully saturated rings. The highest BCUT2D eigenvalue weighted by molar-refractivity contribution is 5.88. The molecule has 0 saturated heterocycles. The summed E-state index contributed by atoms with van der Waals surface area (Å²) in [5.41, 5.74) is 2.48. The summed E-state index contributed by atoms with van der Waals surface area (Å²) in [6.45, 7) is 6.15. The van der Waals surface area contributed by atoms with Gasteiger partial charge in [0.15, 0.2) is 0 Å². The fourth-order valence-corrected chi connectivity index (χ4v) is 3.40. The number of fused-ring (bicyclic) bond motifs is 1. The van der Waals surface area contributed by atoms with Crippen molar-refractivity contribution in [3.8, 4) is 0 Å². The molecule has 3 rings (SSSR count). The fraction of sp³-hybridized carbons (Fsp3) is 0.333. The molecule has 2 aromatic carbocycles. The van der Waals surface area contributed by atoms with E-state index >= 15 is 0 Å². The van der Waals surface area contributed by atoms with E-state index in [4.69, 9.17) is 0 Å². The zero-order valence-corrected chi connectivity index (χ0v) is 17.9. The average Bonchev–Trinajstić information content (AvgIpc) is 2.71. The molecule has 1 atom stereocenters. The van der Waals surface area contributed by atoms with Crippen LogP contribution in [0.1, 0.15) is 43.4 Å². The molecule has 1 heterocycles. The van der Waals surface area contributed by atoms with Crippen molar-refractivity contribution in [2.75, 3.05) is 7.05 Å². The number of hydrogen-bond donors (Lipinski definition) is 1. The van der Waals surface area contributed by atoms with Crippen LogP contribution < -0.4 is 5.32 Å². The van der Waals surface area contributed by atoms with Crippen LogP contribution >= 0.6 is 0 Å². The summed E-state index contributed by atoms with van der Waals surface area (Å²) in [7, 11) is 1.71. The van der Waals surface area contributed by atoms with Crippen LogP contribution in [0.3, 0.4) is 0 Å². The highest BCUT2D eigenvalue weighted by Gasteiger charge is 2.26. The molecule has 1 unspecified atom stereocenters. The molecule has 1 N–H and O–H groups in total. The zero-order valence-electron chi connectivity index (χ0n) is 17.9. The first-order chi connectivity index (χ1) is 14.3. The van der Waals surface area contributed by atoms with Crippen LogP contribution in [0.15, 0.2) is 54.6 Å². The minimum Gasteiger partial charge on any atom is -0.341 e. The van der Waals surface area contributed by atoms with Crippen LogP contribution in [0.2, 0.25) is 0 Å². The summed E-state index contributed by atoms with van der Waals surface area (Å²) in [5, 5.41) is 3.90. The number of carbonyl (C=O) groups excluding carboxylic acids is 2. The maximum absolute atomic E-state index is 13.3. The number of amides is 2. The number of nitrogens with one attached hydrogen (secondary N) is 1. The topological polar surface area (TPSA) is 75.2 Å². The van der Waals surface area contributed by atoms with Gasteiger partial charge in [-0.15, -0.1) is 0 Å². The lowest BCUT2D eigenvalue weighted by molar-refractivity contribution is -0.136.